The smallest absolute Gasteiger partial charge is 0.241 e. The third-order valence-corrected chi connectivity index (χ3v) is 5.91. The Bertz CT molecular complexity index is 679. The first kappa shape index (κ1) is 15.4. The van der Waals surface area contributed by atoms with Gasteiger partial charge in [0.05, 0.1) is 30.2 Å². The fourth-order valence-corrected chi connectivity index (χ4v) is 4.15. The number of sulfonamides is 1. The van der Waals surface area contributed by atoms with E-state index < -0.39 is 10.0 Å². The summed E-state index contributed by atoms with van der Waals surface area (Å²) in [7, 11) is -1.31. The number of aromatic nitrogens is 1. The lowest BCUT2D eigenvalue weighted by molar-refractivity contribution is -0.123. The number of hydrogen-bond donors (Lipinski definition) is 0. The summed E-state index contributed by atoms with van der Waals surface area (Å²) in [4.78, 5) is 20.1. The molecule has 3 rings (SSSR count). The van der Waals surface area contributed by atoms with Crippen LogP contribution in [0.4, 0.5) is 5.69 Å². The molecule has 2 aliphatic rings. The minimum absolute atomic E-state index is 0.0129. The molecule has 0 saturated carbocycles. The molecule has 22 heavy (non-hydrogen) atoms. The molecule has 1 aromatic heterocycles. The highest BCUT2D eigenvalue weighted by Crippen LogP contribution is 2.33. The fraction of sp³-hybridized carbons (Fsp3) is 0.571. The van der Waals surface area contributed by atoms with Crippen LogP contribution < -0.4 is 4.90 Å². The highest BCUT2D eigenvalue weighted by molar-refractivity contribution is 7.88. The van der Waals surface area contributed by atoms with E-state index in [1.165, 1.54) is 10.6 Å². The average Bonchev–Trinajstić information content (AvgIpc) is 2.90. The van der Waals surface area contributed by atoms with Crippen LogP contribution in [0.5, 0.6) is 0 Å². The van der Waals surface area contributed by atoms with E-state index in [0.29, 0.717) is 19.6 Å². The van der Waals surface area contributed by atoms with Crippen LogP contribution in [0.15, 0.2) is 24.5 Å². The quantitative estimate of drug-likeness (QED) is 0.751. The molecule has 0 radical (unpaired) electrons. The van der Waals surface area contributed by atoms with E-state index >= 15 is 0 Å². The van der Waals surface area contributed by atoms with Gasteiger partial charge in [-0.3, -0.25) is 14.7 Å². The topological polar surface area (TPSA) is 73.8 Å². The maximum Gasteiger partial charge on any atom is 0.241 e. The number of carbonyl (C=O) groups is 1. The Kier molecular flexibility index (Phi) is 3.70. The van der Waals surface area contributed by atoms with Gasteiger partial charge < -0.3 is 4.90 Å². The highest BCUT2D eigenvalue weighted by atomic mass is 32.2. The van der Waals surface area contributed by atoms with Gasteiger partial charge in [0.2, 0.25) is 15.9 Å². The van der Waals surface area contributed by atoms with Crippen LogP contribution in [0.25, 0.3) is 0 Å². The zero-order valence-electron chi connectivity index (χ0n) is 12.8. The van der Waals surface area contributed by atoms with Crippen molar-refractivity contribution in [1.29, 1.82) is 0 Å². The third-order valence-electron chi connectivity index (χ3n) is 4.66. The van der Waals surface area contributed by atoms with Crippen molar-refractivity contribution in [2.75, 3.05) is 44.4 Å². The molecule has 1 aromatic rings. The summed E-state index contributed by atoms with van der Waals surface area (Å²) in [5.41, 5.74) is 0.435. The zero-order chi connectivity index (χ0) is 16.0. The maximum atomic E-state index is 12.3. The molecule has 0 unspecified atom stereocenters. The Morgan fingerprint density at radius 2 is 2.09 bits per heavy atom. The van der Waals surface area contributed by atoms with Gasteiger partial charge in [-0.15, -0.1) is 0 Å². The fourth-order valence-electron chi connectivity index (χ4n) is 3.25. The van der Waals surface area contributed by atoms with E-state index in [1.54, 1.807) is 23.4 Å². The van der Waals surface area contributed by atoms with Crippen molar-refractivity contribution in [2.45, 2.75) is 12.0 Å². The SMILES string of the molecule is CN1CC(=O)N(c2cccnc2)C[C@@]12CCN(S(C)(=O)=O)C2. The Morgan fingerprint density at radius 1 is 1.32 bits per heavy atom. The average molecular weight is 324 g/mol. The van der Waals surface area contributed by atoms with Crippen LogP contribution in [0.3, 0.4) is 0 Å². The van der Waals surface area contributed by atoms with Crippen LogP contribution in [0, 0.1) is 0 Å². The second kappa shape index (κ2) is 5.29. The highest BCUT2D eigenvalue weighted by Gasteiger charge is 2.49. The van der Waals surface area contributed by atoms with E-state index in [2.05, 4.69) is 4.98 Å². The lowest BCUT2D eigenvalue weighted by atomic mass is 9.93. The lowest BCUT2D eigenvalue weighted by Crippen LogP contribution is -2.64. The normalized spacial score (nSPS) is 27.7. The number of amides is 1. The van der Waals surface area contributed by atoms with Crippen molar-refractivity contribution in [1.82, 2.24) is 14.2 Å². The van der Waals surface area contributed by atoms with Gasteiger partial charge in [-0.05, 0) is 25.6 Å². The first-order chi connectivity index (χ1) is 10.3. The molecular weight excluding hydrogens is 304 g/mol. The van der Waals surface area contributed by atoms with Gasteiger partial charge in [-0.25, -0.2) is 12.7 Å². The first-order valence-electron chi connectivity index (χ1n) is 7.19. The van der Waals surface area contributed by atoms with E-state index in [4.69, 9.17) is 0 Å². The summed E-state index contributed by atoms with van der Waals surface area (Å²) in [5, 5.41) is 0. The number of hydrogen-bond acceptors (Lipinski definition) is 5. The third kappa shape index (κ3) is 2.62. The summed E-state index contributed by atoms with van der Waals surface area (Å²) >= 11 is 0. The predicted octanol–water partition coefficient (Wildman–Crippen LogP) is -0.236. The van der Waals surface area contributed by atoms with E-state index in [-0.39, 0.29) is 18.0 Å². The Labute approximate surface area is 130 Å². The molecular formula is C14H20N4O3S. The molecule has 1 spiro atoms. The van der Waals surface area contributed by atoms with E-state index in [0.717, 1.165) is 12.1 Å². The Balaban J connectivity index is 1.88. The Morgan fingerprint density at radius 3 is 2.68 bits per heavy atom. The number of rotatable bonds is 2. The number of anilines is 1. The van der Waals surface area contributed by atoms with Crippen molar-refractivity contribution in [3.8, 4) is 0 Å². The molecule has 0 bridgehead atoms. The van der Waals surface area contributed by atoms with Crippen molar-refractivity contribution in [3.05, 3.63) is 24.5 Å². The molecule has 8 heteroatoms. The number of likely N-dealkylation sites (N-methyl/N-ethyl adjacent to an activating group) is 1. The summed E-state index contributed by atoms with van der Waals surface area (Å²) < 4.78 is 25.1. The van der Waals surface area contributed by atoms with Gasteiger partial charge in [0.15, 0.2) is 0 Å². The Hall–Kier alpha value is -1.51. The number of carbonyl (C=O) groups excluding carboxylic acids is 1. The molecule has 2 aliphatic heterocycles. The van der Waals surface area contributed by atoms with Crippen molar-refractivity contribution in [3.63, 3.8) is 0 Å². The van der Waals surface area contributed by atoms with E-state index in [9.17, 15) is 13.2 Å². The standard InChI is InChI=1S/C14H20N4O3S/c1-16-9-13(19)18(12-4-3-6-15-8-12)11-14(16)5-7-17(10-14)22(2,20)21/h3-4,6,8H,5,7,9-11H2,1-2H3/t14-/m0/s1. The number of piperazine rings is 1. The molecule has 1 amide bonds. The van der Waals surface area contributed by atoms with Gasteiger partial charge in [0.1, 0.15) is 0 Å². The lowest BCUT2D eigenvalue weighted by Gasteiger charge is -2.46. The zero-order valence-corrected chi connectivity index (χ0v) is 13.6. The van der Waals surface area contributed by atoms with Crippen LogP contribution in [0.2, 0.25) is 0 Å². The number of pyridine rings is 1. The van der Waals surface area contributed by atoms with Crippen molar-refractivity contribution in [2.24, 2.45) is 0 Å². The molecule has 120 valence electrons. The summed E-state index contributed by atoms with van der Waals surface area (Å²) in [6.45, 7) is 1.69. The molecule has 2 saturated heterocycles. The van der Waals surface area contributed by atoms with Crippen LogP contribution in [0.1, 0.15) is 6.42 Å². The molecule has 0 N–H and O–H groups in total. The van der Waals surface area contributed by atoms with Crippen LogP contribution in [-0.2, 0) is 14.8 Å². The minimum Gasteiger partial charge on any atom is -0.308 e. The summed E-state index contributed by atoms with van der Waals surface area (Å²) in [6.07, 6.45) is 5.29. The summed E-state index contributed by atoms with van der Waals surface area (Å²) in [6, 6.07) is 3.65. The first-order valence-corrected chi connectivity index (χ1v) is 9.03. The van der Waals surface area contributed by atoms with Gasteiger partial charge in [0, 0.05) is 25.8 Å². The maximum absolute atomic E-state index is 12.3. The van der Waals surface area contributed by atoms with E-state index in [1.807, 2.05) is 18.0 Å². The van der Waals surface area contributed by atoms with Gasteiger partial charge >= 0.3 is 0 Å². The van der Waals surface area contributed by atoms with Gasteiger partial charge in [0.25, 0.3) is 0 Å². The molecule has 7 nitrogen and oxygen atoms in total. The molecule has 2 fully saturated rings. The molecule has 0 aromatic carbocycles. The minimum atomic E-state index is -3.21. The van der Waals surface area contributed by atoms with Crippen molar-refractivity contribution < 1.29 is 13.2 Å². The monoisotopic (exact) mass is 324 g/mol. The van der Waals surface area contributed by atoms with Crippen LogP contribution in [-0.4, -0.2) is 73.5 Å². The predicted molar refractivity (Wildman–Crippen MR) is 83.0 cm³/mol. The summed E-state index contributed by atoms with van der Waals surface area (Å²) in [5.74, 6) is 0.0129. The molecule has 3 heterocycles. The number of nitrogens with zero attached hydrogens (tertiary/aromatic N) is 4. The molecule has 0 aliphatic carbocycles. The largest absolute Gasteiger partial charge is 0.308 e. The van der Waals surface area contributed by atoms with Gasteiger partial charge in [-0.2, -0.15) is 0 Å². The second-order valence-corrected chi connectivity index (χ2v) is 8.10. The van der Waals surface area contributed by atoms with Crippen LogP contribution >= 0.6 is 0 Å². The second-order valence-electron chi connectivity index (χ2n) is 6.12. The molecule has 1 atom stereocenters. The van der Waals surface area contributed by atoms with Crippen molar-refractivity contribution >= 4 is 21.6 Å². The van der Waals surface area contributed by atoms with Gasteiger partial charge in [-0.1, -0.05) is 0 Å².